The molecular formula is C26H32N4O2S. The summed E-state index contributed by atoms with van der Waals surface area (Å²) in [4.78, 5) is 36.5. The summed E-state index contributed by atoms with van der Waals surface area (Å²) in [5.74, 6) is 0.184. The highest BCUT2D eigenvalue weighted by Crippen LogP contribution is 2.33. The van der Waals surface area contributed by atoms with Gasteiger partial charge in [0, 0.05) is 49.1 Å². The van der Waals surface area contributed by atoms with Crippen molar-refractivity contribution in [2.75, 3.05) is 19.6 Å². The number of thiophene rings is 1. The summed E-state index contributed by atoms with van der Waals surface area (Å²) in [6, 6.07) is 8.96. The van der Waals surface area contributed by atoms with E-state index in [0.29, 0.717) is 30.4 Å². The highest BCUT2D eigenvalue weighted by atomic mass is 32.1. The number of rotatable bonds is 7. The molecule has 3 aromatic rings. The van der Waals surface area contributed by atoms with Gasteiger partial charge in [-0.15, -0.1) is 11.3 Å². The first-order chi connectivity index (χ1) is 16.0. The Hall–Kier alpha value is -2.51. The fourth-order valence-electron chi connectivity index (χ4n) is 4.99. The van der Waals surface area contributed by atoms with Gasteiger partial charge in [0.25, 0.3) is 5.56 Å². The van der Waals surface area contributed by atoms with Crippen molar-refractivity contribution in [1.29, 1.82) is 0 Å². The molecule has 2 fully saturated rings. The lowest BCUT2D eigenvalue weighted by atomic mass is 10.0. The number of carbonyl (C=O) groups is 1. The lowest BCUT2D eigenvalue weighted by Gasteiger charge is -2.38. The number of piperidine rings is 1. The van der Waals surface area contributed by atoms with Crippen LogP contribution in [0.5, 0.6) is 0 Å². The van der Waals surface area contributed by atoms with E-state index in [0.717, 1.165) is 61.3 Å². The SMILES string of the molecule is CCN1CCC(N(C(=O)CCn2cnc3scc(-c4ccc(C)cc4)c3c2=O)C2CC2)CC1. The summed E-state index contributed by atoms with van der Waals surface area (Å²) in [6.45, 7) is 7.84. The van der Waals surface area contributed by atoms with E-state index in [4.69, 9.17) is 0 Å². The minimum atomic E-state index is -0.0566. The Morgan fingerprint density at radius 3 is 2.48 bits per heavy atom. The third-order valence-corrected chi connectivity index (χ3v) is 8.00. The van der Waals surface area contributed by atoms with Gasteiger partial charge in [0.15, 0.2) is 0 Å². The third-order valence-electron chi connectivity index (χ3n) is 7.12. The standard InChI is InChI=1S/C26H32N4O2S/c1-3-28-13-10-21(11-14-28)30(20-8-9-20)23(31)12-15-29-17-27-25-24(26(29)32)22(16-33-25)19-6-4-18(2)5-7-19/h4-7,16-17,20-21H,3,8-15H2,1-2H3. The zero-order chi connectivity index (χ0) is 22.9. The number of amides is 1. The van der Waals surface area contributed by atoms with Crippen LogP contribution in [-0.2, 0) is 11.3 Å². The molecule has 2 aliphatic rings. The topological polar surface area (TPSA) is 58.4 Å². The van der Waals surface area contributed by atoms with Crippen molar-refractivity contribution in [1.82, 2.24) is 19.4 Å². The van der Waals surface area contributed by atoms with Gasteiger partial charge in [0.1, 0.15) is 4.83 Å². The quantitative estimate of drug-likeness (QED) is 0.523. The third kappa shape index (κ3) is 4.62. The first kappa shape index (κ1) is 22.3. The van der Waals surface area contributed by atoms with Crippen LogP contribution in [0, 0.1) is 6.92 Å². The summed E-state index contributed by atoms with van der Waals surface area (Å²) in [7, 11) is 0. The lowest BCUT2D eigenvalue weighted by Crippen LogP contribution is -2.48. The number of hydrogen-bond acceptors (Lipinski definition) is 5. The summed E-state index contributed by atoms with van der Waals surface area (Å²) in [6.07, 6.45) is 6.29. The molecule has 1 amide bonds. The van der Waals surface area contributed by atoms with Crippen molar-refractivity contribution in [3.63, 3.8) is 0 Å². The summed E-state index contributed by atoms with van der Waals surface area (Å²) >= 11 is 1.49. The molecule has 0 bridgehead atoms. The normalized spacial score (nSPS) is 17.5. The Labute approximate surface area is 198 Å². The van der Waals surface area contributed by atoms with Crippen molar-refractivity contribution in [2.45, 2.75) is 64.6 Å². The number of nitrogens with zero attached hydrogens (tertiary/aromatic N) is 4. The fourth-order valence-corrected chi connectivity index (χ4v) is 5.90. The van der Waals surface area contributed by atoms with E-state index in [2.05, 4.69) is 52.9 Å². The van der Waals surface area contributed by atoms with Crippen LogP contribution in [0.4, 0.5) is 0 Å². The molecule has 6 nitrogen and oxygen atoms in total. The highest BCUT2D eigenvalue weighted by Gasteiger charge is 2.38. The van der Waals surface area contributed by atoms with Crippen LogP contribution in [-0.4, -0.2) is 57.0 Å². The number of likely N-dealkylation sites (tertiary alicyclic amines) is 1. The molecular weight excluding hydrogens is 432 g/mol. The first-order valence-electron chi connectivity index (χ1n) is 12.1. The van der Waals surface area contributed by atoms with Crippen molar-refractivity contribution in [2.24, 2.45) is 0 Å². The van der Waals surface area contributed by atoms with Crippen LogP contribution in [0.3, 0.4) is 0 Å². The molecule has 1 saturated heterocycles. The largest absolute Gasteiger partial charge is 0.337 e. The number of carbonyl (C=O) groups excluding carboxylic acids is 1. The highest BCUT2D eigenvalue weighted by molar-refractivity contribution is 7.17. The smallest absolute Gasteiger partial charge is 0.262 e. The van der Waals surface area contributed by atoms with E-state index in [-0.39, 0.29) is 11.5 Å². The molecule has 0 N–H and O–H groups in total. The second-order valence-electron chi connectivity index (χ2n) is 9.39. The van der Waals surface area contributed by atoms with E-state index in [1.807, 2.05) is 5.38 Å². The van der Waals surface area contributed by atoms with Gasteiger partial charge in [-0.05, 0) is 44.7 Å². The van der Waals surface area contributed by atoms with Crippen molar-refractivity contribution >= 4 is 27.5 Å². The molecule has 0 unspecified atom stereocenters. The van der Waals surface area contributed by atoms with Gasteiger partial charge in [-0.1, -0.05) is 36.8 Å². The Kier molecular flexibility index (Phi) is 6.34. The van der Waals surface area contributed by atoms with Crippen LogP contribution in [0.2, 0.25) is 0 Å². The second-order valence-corrected chi connectivity index (χ2v) is 10.2. The molecule has 3 heterocycles. The average molecular weight is 465 g/mol. The van der Waals surface area contributed by atoms with Gasteiger partial charge in [0.05, 0.1) is 11.7 Å². The molecule has 1 aromatic carbocycles. The van der Waals surface area contributed by atoms with Gasteiger partial charge < -0.3 is 9.80 Å². The minimum absolute atomic E-state index is 0.0566. The number of aryl methyl sites for hydroxylation is 2. The maximum absolute atomic E-state index is 13.3. The van der Waals surface area contributed by atoms with Crippen molar-refractivity contribution in [3.05, 3.63) is 51.9 Å². The van der Waals surface area contributed by atoms with E-state index in [9.17, 15) is 9.59 Å². The predicted molar refractivity (Wildman–Crippen MR) is 134 cm³/mol. The summed E-state index contributed by atoms with van der Waals surface area (Å²) in [5, 5.41) is 2.67. The Bertz CT molecular complexity index is 1190. The minimum Gasteiger partial charge on any atom is -0.337 e. The number of benzene rings is 1. The molecule has 1 aliphatic heterocycles. The number of hydrogen-bond donors (Lipinski definition) is 0. The molecule has 0 spiro atoms. The molecule has 1 saturated carbocycles. The van der Waals surface area contributed by atoms with Crippen LogP contribution in [0.25, 0.3) is 21.3 Å². The van der Waals surface area contributed by atoms with Crippen LogP contribution < -0.4 is 5.56 Å². The molecule has 0 radical (unpaired) electrons. The Balaban J connectivity index is 1.33. The first-order valence-corrected chi connectivity index (χ1v) is 13.0. The van der Waals surface area contributed by atoms with E-state index < -0.39 is 0 Å². The molecule has 1 aliphatic carbocycles. The maximum atomic E-state index is 13.3. The number of aromatic nitrogens is 2. The van der Waals surface area contributed by atoms with Crippen LogP contribution in [0.15, 0.2) is 40.8 Å². The van der Waals surface area contributed by atoms with Gasteiger partial charge in [-0.25, -0.2) is 4.98 Å². The van der Waals surface area contributed by atoms with E-state index in [1.54, 1.807) is 10.9 Å². The van der Waals surface area contributed by atoms with Gasteiger partial charge in [0.2, 0.25) is 5.91 Å². The number of fused-ring (bicyclic) bond motifs is 1. The molecule has 174 valence electrons. The molecule has 33 heavy (non-hydrogen) atoms. The van der Waals surface area contributed by atoms with E-state index in [1.165, 1.54) is 16.9 Å². The molecule has 0 atom stereocenters. The summed E-state index contributed by atoms with van der Waals surface area (Å²) < 4.78 is 1.62. The van der Waals surface area contributed by atoms with Crippen LogP contribution >= 0.6 is 11.3 Å². The second kappa shape index (κ2) is 9.39. The van der Waals surface area contributed by atoms with Crippen molar-refractivity contribution < 1.29 is 4.79 Å². The molecule has 7 heteroatoms. The monoisotopic (exact) mass is 464 g/mol. The average Bonchev–Trinajstić information content (AvgIpc) is 3.57. The maximum Gasteiger partial charge on any atom is 0.262 e. The summed E-state index contributed by atoms with van der Waals surface area (Å²) in [5.41, 5.74) is 3.08. The fraction of sp³-hybridized carbons (Fsp3) is 0.500. The van der Waals surface area contributed by atoms with Gasteiger partial charge >= 0.3 is 0 Å². The zero-order valence-corrected chi connectivity index (χ0v) is 20.3. The zero-order valence-electron chi connectivity index (χ0n) is 19.5. The Morgan fingerprint density at radius 1 is 1.12 bits per heavy atom. The van der Waals surface area contributed by atoms with Crippen LogP contribution in [0.1, 0.15) is 44.6 Å². The van der Waals surface area contributed by atoms with Crippen molar-refractivity contribution in [3.8, 4) is 11.1 Å². The van der Waals surface area contributed by atoms with Gasteiger partial charge in [-0.2, -0.15) is 0 Å². The molecule has 5 rings (SSSR count). The lowest BCUT2D eigenvalue weighted by molar-refractivity contribution is -0.135. The predicted octanol–water partition coefficient (Wildman–Crippen LogP) is 4.30. The van der Waals surface area contributed by atoms with E-state index >= 15 is 0 Å². The Morgan fingerprint density at radius 2 is 1.82 bits per heavy atom. The molecule has 2 aromatic heterocycles. The van der Waals surface area contributed by atoms with Gasteiger partial charge in [-0.3, -0.25) is 14.2 Å².